The fraction of sp³-hybridized carbons (Fsp3) is 0.200. The van der Waals surface area contributed by atoms with Gasteiger partial charge in [0.15, 0.2) is 0 Å². The van der Waals surface area contributed by atoms with Crippen molar-refractivity contribution in [2.75, 3.05) is 11.1 Å². The molecule has 0 radical (unpaired) electrons. The second-order valence-electron chi connectivity index (χ2n) is 4.61. The van der Waals surface area contributed by atoms with Crippen molar-refractivity contribution in [2.45, 2.75) is 20.3 Å². The molecular formula is C15H17N3O. The summed E-state index contributed by atoms with van der Waals surface area (Å²) in [6, 6.07) is 7.72. The lowest BCUT2D eigenvalue weighted by atomic mass is 10.0. The van der Waals surface area contributed by atoms with Crippen LogP contribution in [0.3, 0.4) is 0 Å². The van der Waals surface area contributed by atoms with Gasteiger partial charge in [-0.3, -0.25) is 9.78 Å². The first-order valence-electron chi connectivity index (χ1n) is 6.12. The number of amides is 1. The number of pyridine rings is 1. The van der Waals surface area contributed by atoms with Crippen LogP contribution in [-0.4, -0.2) is 10.9 Å². The van der Waals surface area contributed by atoms with Gasteiger partial charge in [0.1, 0.15) is 0 Å². The number of carbonyl (C=O) groups excluding carboxylic acids is 1. The standard InChI is InChI=1S/C15H17N3O/c1-10-3-4-12(7-11(10)2)8-15(19)18-14-5-6-17-9-13(14)16/h3-7,9H,8,16H2,1-2H3,(H,17,18,19). The summed E-state index contributed by atoms with van der Waals surface area (Å²) in [5.74, 6) is -0.0823. The lowest BCUT2D eigenvalue weighted by Crippen LogP contribution is -2.15. The van der Waals surface area contributed by atoms with Crippen LogP contribution in [-0.2, 0) is 11.2 Å². The Morgan fingerprint density at radius 1 is 1.26 bits per heavy atom. The molecule has 4 nitrogen and oxygen atoms in total. The number of aryl methyl sites for hydroxylation is 2. The molecule has 0 fully saturated rings. The largest absolute Gasteiger partial charge is 0.396 e. The van der Waals surface area contributed by atoms with Crippen LogP contribution in [0.1, 0.15) is 16.7 Å². The third-order valence-electron chi connectivity index (χ3n) is 3.06. The van der Waals surface area contributed by atoms with E-state index in [2.05, 4.69) is 17.2 Å². The summed E-state index contributed by atoms with van der Waals surface area (Å²) in [5.41, 5.74) is 10.2. The Bertz CT molecular complexity index is 608. The van der Waals surface area contributed by atoms with E-state index in [1.54, 1.807) is 12.3 Å². The molecule has 98 valence electrons. The van der Waals surface area contributed by atoms with E-state index in [1.165, 1.54) is 17.3 Å². The van der Waals surface area contributed by atoms with Crippen LogP contribution < -0.4 is 11.1 Å². The van der Waals surface area contributed by atoms with Crippen molar-refractivity contribution in [1.82, 2.24) is 4.98 Å². The van der Waals surface area contributed by atoms with Gasteiger partial charge in [-0.25, -0.2) is 0 Å². The van der Waals surface area contributed by atoms with Crippen molar-refractivity contribution in [3.05, 3.63) is 53.3 Å². The Morgan fingerprint density at radius 3 is 2.74 bits per heavy atom. The molecule has 3 N–H and O–H groups in total. The molecule has 2 aromatic rings. The fourth-order valence-electron chi connectivity index (χ4n) is 1.81. The summed E-state index contributed by atoms with van der Waals surface area (Å²) in [6.07, 6.45) is 3.45. The quantitative estimate of drug-likeness (QED) is 0.885. The van der Waals surface area contributed by atoms with Gasteiger partial charge in [0.2, 0.25) is 5.91 Å². The monoisotopic (exact) mass is 255 g/mol. The highest BCUT2D eigenvalue weighted by atomic mass is 16.1. The molecule has 1 amide bonds. The van der Waals surface area contributed by atoms with Crippen molar-refractivity contribution in [3.8, 4) is 0 Å². The van der Waals surface area contributed by atoms with E-state index >= 15 is 0 Å². The van der Waals surface area contributed by atoms with E-state index in [-0.39, 0.29) is 5.91 Å². The number of rotatable bonds is 3. The van der Waals surface area contributed by atoms with E-state index in [1.807, 2.05) is 25.1 Å². The van der Waals surface area contributed by atoms with E-state index in [9.17, 15) is 4.79 Å². The van der Waals surface area contributed by atoms with E-state index in [0.717, 1.165) is 5.56 Å². The summed E-state index contributed by atoms with van der Waals surface area (Å²) in [5, 5.41) is 2.79. The SMILES string of the molecule is Cc1ccc(CC(=O)Nc2ccncc2N)cc1C. The van der Waals surface area contributed by atoms with Crippen LogP contribution in [0.4, 0.5) is 11.4 Å². The predicted octanol–water partition coefficient (Wildman–Crippen LogP) is 2.46. The number of aromatic nitrogens is 1. The van der Waals surface area contributed by atoms with Gasteiger partial charge in [0, 0.05) is 6.20 Å². The van der Waals surface area contributed by atoms with Crippen LogP contribution in [0, 0.1) is 13.8 Å². The number of hydrogen-bond acceptors (Lipinski definition) is 3. The molecule has 0 spiro atoms. The number of hydrogen-bond donors (Lipinski definition) is 2. The molecule has 0 bridgehead atoms. The second kappa shape index (κ2) is 5.52. The molecule has 0 aliphatic carbocycles. The third-order valence-corrected chi connectivity index (χ3v) is 3.06. The van der Waals surface area contributed by atoms with Crippen molar-refractivity contribution < 1.29 is 4.79 Å². The van der Waals surface area contributed by atoms with Gasteiger partial charge >= 0.3 is 0 Å². The van der Waals surface area contributed by atoms with Crippen LogP contribution in [0.5, 0.6) is 0 Å². The number of anilines is 2. The number of nitrogens with two attached hydrogens (primary N) is 1. The van der Waals surface area contributed by atoms with Gasteiger partial charge in [0.05, 0.1) is 24.0 Å². The summed E-state index contributed by atoms with van der Waals surface area (Å²) in [6.45, 7) is 4.09. The lowest BCUT2D eigenvalue weighted by molar-refractivity contribution is -0.115. The normalized spacial score (nSPS) is 10.2. The topological polar surface area (TPSA) is 68.0 Å². The highest BCUT2D eigenvalue weighted by Crippen LogP contribution is 2.16. The maximum Gasteiger partial charge on any atom is 0.228 e. The Hall–Kier alpha value is -2.36. The average Bonchev–Trinajstić information content (AvgIpc) is 2.37. The highest BCUT2D eigenvalue weighted by Gasteiger charge is 2.07. The first kappa shape index (κ1) is 13.1. The Kier molecular flexibility index (Phi) is 3.80. The Balaban J connectivity index is 2.05. The number of carbonyl (C=O) groups is 1. The van der Waals surface area contributed by atoms with Gasteiger partial charge in [-0.2, -0.15) is 0 Å². The lowest BCUT2D eigenvalue weighted by Gasteiger charge is -2.08. The molecule has 0 atom stereocenters. The van der Waals surface area contributed by atoms with E-state index in [0.29, 0.717) is 17.8 Å². The summed E-state index contributed by atoms with van der Waals surface area (Å²) >= 11 is 0. The first-order valence-corrected chi connectivity index (χ1v) is 6.12. The van der Waals surface area contributed by atoms with Crippen LogP contribution in [0.2, 0.25) is 0 Å². The number of benzene rings is 1. The maximum absolute atomic E-state index is 11.9. The van der Waals surface area contributed by atoms with Gasteiger partial charge in [-0.1, -0.05) is 18.2 Å². The Labute approximate surface area is 112 Å². The smallest absolute Gasteiger partial charge is 0.228 e. The molecule has 1 aromatic heterocycles. The zero-order valence-electron chi connectivity index (χ0n) is 11.1. The average molecular weight is 255 g/mol. The van der Waals surface area contributed by atoms with Gasteiger partial charge in [0.25, 0.3) is 0 Å². The Morgan fingerprint density at radius 2 is 2.05 bits per heavy atom. The summed E-state index contributed by atoms with van der Waals surface area (Å²) in [4.78, 5) is 15.8. The molecule has 2 rings (SSSR count). The van der Waals surface area contributed by atoms with E-state index < -0.39 is 0 Å². The first-order chi connectivity index (χ1) is 9.06. The highest BCUT2D eigenvalue weighted by molar-refractivity contribution is 5.94. The molecule has 4 heteroatoms. The number of nitrogens with zero attached hydrogens (tertiary/aromatic N) is 1. The van der Waals surface area contributed by atoms with Crippen molar-refractivity contribution >= 4 is 17.3 Å². The molecule has 0 aliphatic heterocycles. The summed E-state index contributed by atoms with van der Waals surface area (Å²) in [7, 11) is 0. The van der Waals surface area contributed by atoms with Crippen molar-refractivity contribution in [3.63, 3.8) is 0 Å². The maximum atomic E-state index is 11.9. The molecule has 0 aliphatic rings. The van der Waals surface area contributed by atoms with Gasteiger partial charge in [-0.15, -0.1) is 0 Å². The molecule has 1 heterocycles. The van der Waals surface area contributed by atoms with E-state index in [4.69, 9.17) is 5.73 Å². The van der Waals surface area contributed by atoms with Crippen molar-refractivity contribution in [2.24, 2.45) is 0 Å². The third kappa shape index (κ3) is 3.31. The van der Waals surface area contributed by atoms with Crippen LogP contribution >= 0.6 is 0 Å². The fourth-order valence-corrected chi connectivity index (χ4v) is 1.81. The molecule has 1 aromatic carbocycles. The molecular weight excluding hydrogens is 238 g/mol. The summed E-state index contributed by atoms with van der Waals surface area (Å²) < 4.78 is 0. The zero-order valence-corrected chi connectivity index (χ0v) is 11.1. The predicted molar refractivity (Wildman–Crippen MR) is 76.9 cm³/mol. The second-order valence-corrected chi connectivity index (χ2v) is 4.61. The number of nitrogens with one attached hydrogen (secondary N) is 1. The van der Waals surface area contributed by atoms with Crippen LogP contribution in [0.15, 0.2) is 36.7 Å². The van der Waals surface area contributed by atoms with Gasteiger partial charge in [-0.05, 0) is 36.6 Å². The minimum atomic E-state index is -0.0823. The molecule has 0 unspecified atom stereocenters. The molecule has 0 saturated heterocycles. The van der Waals surface area contributed by atoms with Crippen LogP contribution in [0.25, 0.3) is 0 Å². The minimum absolute atomic E-state index is 0.0823. The molecule has 0 saturated carbocycles. The zero-order chi connectivity index (χ0) is 13.8. The minimum Gasteiger partial charge on any atom is -0.396 e. The van der Waals surface area contributed by atoms with Gasteiger partial charge < -0.3 is 11.1 Å². The van der Waals surface area contributed by atoms with Crippen molar-refractivity contribution in [1.29, 1.82) is 0 Å². The molecule has 19 heavy (non-hydrogen) atoms. The number of nitrogen functional groups attached to an aromatic ring is 1.